The van der Waals surface area contributed by atoms with Gasteiger partial charge in [-0.25, -0.2) is 8.42 Å². The first-order valence-electron chi connectivity index (χ1n) is 10.4. The number of hydrogen-bond acceptors (Lipinski definition) is 3. The van der Waals surface area contributed by atoms with Crippen molar-refractivity contribution in [3.8, 4) is 0 Å². The van der Waals surface area contributed by atoms with Crippen LogP contribution >= 0.6 is 23.2 Å². The second-order valence-corrected chi connectivity index (χ2v) is 11.5. The van der Waals surface area contributed by atoms with Gasteiger partial charge in [-0.15, -0.1) is 0 Å². The fourth-order valence-electron chi connectivity index (χ4n) is 6.01. The number of sulfonamides is 1. The Kier molecular flexibility index (Phi) is 5.04. The van der Waals surface area contributed by atoms with Crippen molar-refractivity contribution in [1.82, 2.24) is 9.21 Å². The van der Waals surface area contributed by atoms with E-state index in [0.29, 0.717) is 34.5 Å². The Bertz CT molecular complexity index is 897. The van der Waals surface area contributed by atoms with Gasteiger partial charge in [-0.2, -0.15) is 4.31 Å². The van der Waals surface area contributed by atoms with E-state index in [4.69, 9.17) is 23.2 Å². The van der Waals surface area contributed by atoms with Crippen LogP contribution in [0.1, 0.15) is 38.5 Å². The number of nitrogens with zero attached hydrogens (tertiary/aromatic N) is 2. The van der Waals surface area contributed by atoms with Crippen LogP contribution in [0.3, 0.4) is 0 Å². The maximum atomic E-state index is 13.6. The van der Waals surface area contributed by atoms with Gasteiger partial charge in [0.2, 0.25) is 10.0 Å². The second kappa shape index (κ2) is 7.28. The molecule has 3 fully saturated rings. The van der Waals surface area contributed by atoms with E-state index in [-0.39, 0.29) is 10.9 Å². The van der Waals surface area contributed by atoms with Crippen LogP contribution < -0.4 is 0 Å². The van der Waals surface area contributed by atoms with Gasteiger partial charge >= 0.3 is 0 Å². The van der Waals surface area contributed by atoms with Crippen LogP contribution in [0.2, 0.25) is 10.0 Å². The molecule has 0 spiro atoms. The largest absolute Gasteiger partial charge is 0.299 e. The van der Waals surface area contributed by atoms with Crippen molar-refractivity contribution in [2.45, 2.75) is 55.5 Å². The van der Waals surface area contributed by atoms with E-state index >= 15 is 0 Å². The molecule has 1 aliphatic carbocycles. The Labute approximate surface area is 177 Å². The van der Waals surface area contributed by atoms with Gasteiger partial charge in [0, 0.05) is 29.2 Å². The molecule has 4 atom stereocenters. The molecule has 0 amide bonds. The molecule has 0 radical (unpaired) electrons. The highest BCUT2D eigenvalue weighted by atomic mass is 35.5. The van der Waals surface area contributed by atoms with Gasteiger partial charge in [0.1, 0.15) is 0 Å². The Balaban J connectivity index is 1.52. The van der Waals surface area contributed by atoms with Gasteiger partial charge in [0.15, 0.2) is 0 Å². The monoisotopic (exact) mass is 440 g/mol. The molecule has 3 saturated heterocycles. The summed E-state index contributed by atoms with van der Waals surface area (Å²) in [6.45, 7) is 2.74. The van der Waals surface area contributed by atoms with E-state index in [0.717, 1.165) is 32.4 Å². The quantitative estimate of drug-likeness (QED) is 0.631. The predicted molar refractivity (Wildman–Crippen MR) is 112 cm³/mol. The van der Waals surface area contributed by atoms with Crippen LogP contribution in [-0.4, -0.2) is 49.3 Å². The smallest absolute Gasteiger partial charge is 0.243 e. The first kappa shape index (κ1) is 19.4. The molecule has 2 bridgehead atoms. The number of halogens is 2. The first-order valence-corrected chi connectivity index (χ1v) is 12.6. The molecule has 0 saturated carbocycles. The van der Waals surface area contributed by atoms with Crippen LogP contribution in [0.25, 0.3) is 0 Å². The van der Waals surface area contributed by atoms with E-state index in [1.54, 1.807) is 10.4 Å². The molecule has 5 rings (SSSR count). The maximum Gasteiger partial charge on any atom is 0.243 e. The third-order valence-electron chi connectivity index (χ3n) is 7.05. The fourth-order valence-corrected chi connectivity index (χ4v) is 8.46. The Hall–Kier alpha value is -0.590. The van der Waals surface area contributed by atoms with Gasteiger partial charge in [0.05, 0.1) is 10.9 Å². The zero-order valence-electron chi connectivity index (χ0n) is 15.9. The SMILES string of the molecule is O=S(=O)(c1cc(Cl)cc(Cl)c1)N1CCCC2=C[C@H]3C[C@H](CN4CCCC[C@H]34)[C@@H]21. The normalized spacial score (nSPS) is 33.7. The van der Waals surface area contributed by atoms with E-state index in [9.17, 15) is 8.42 Å². The highest BCUT2D eigenvalue weighted by Gasteiger charge is 2.48. The Morgan fingerprint density at radius 1 is 1.00 bits per heavy atom. The Morgan fingerprint density at radius 3 is 2.57 bits per heavy atom. The van der Waals surface area contributed by atoms with Gasteiger partial charge in [-0.3, -0.25) is 4.90 Å². The lowest BCUT2D eigenvalue weighted by Crippen LogP contribution is -2.59. The Morgan fingerprint density at radius 2 is 1.79 bits per heavy atom. The van der Waals surface area contributed by atoms with Crippen molar-refractivity contribution in [2.24, 2.45) is 11.8 Å². The second-order valence-electron chi connectivity index (χ2n) is 8.73. The predicted octanol–water partition coefficient (Wildman–Crippen LogP) is 4.58. The van der Waals surface area contributed by atoms with Crippen molar-refractivity contribution < 1.29 is 8.42 Å². The number of fused-ring (bicyclic) bond motifs is 6. The van der Waals surface area contributed by atoms with Crippen LogP contribution in [-0.2, 0) is 10.0 Å². The number of piperidine rings is 3. The third kappa shape index (κ3) is 3.24. The van der Waals surface area contributed by atoms with Gasteiger partial charge < -0.3 is 0 Å². The van der Waals surface area contributed by atoms with Crippen molar-refractivity contribution in [3.05, 3.63) is 39.9 Å². The topological polar surface area (TPSA) is 40.6 Å². The lowest BCUT2D eigenvalue weighted by Gasteiger charge is -2.54. The summed E-state index contributed by atoms with van der Waals surface area (Å²) >= 11 is 12.2. The van der Waals surface area contributed by atoms with Crippen molar-refractivity contribution in [1.29, 1.82) is 0 Å². The van der Waals surface area contributed by atoms with Crippen LogP contribution in [0, 0.1) is 11.8 Å². The molecule has 0 aromatic heterocycles. The molecular weight excluding hydrogens is 415 g/mol. The van der Waals surface area contributed by atoms with Crippen molar-refractivity contribution in [3.63, 3.8) is 0 Å². The lowest BCUT2D eigenvalue weighted by molar-refractivity contribution is 0.0149. The summed E-state index contributed by atoms with van der Waals surface area (Å²) in [7, 11) is -3.64. The molecule has 152 valence electrons. The lowest BCUT2D eigenvalue weighted by atomic mass is 9.68. The fraction of sp³-hybridized carbons (Fsp3) is 0.619. The highest BCUT2D eigenvalue weighted by Crippen LogP contribution is 2.46. The highest BCUT2D eigenvalue weighted by molar-refractivity contribution is 7.89. The van der Waals surface area contributed by atoms with E-state index in [1.807, 2.05) is 0 Å². The number of benzene rings is 1. The molecular formula is C21H26Cl2N2O2S. The van der Waals surface area contributed by atoms with E-state index in [1.165, 1.54) is 37.0 Å². The minimum atomic E-state index is -3.64. The molecule has 4 aliphatic rings. The molecule has 3 aliphatic heterocycles. The van der Waals surface area contributed by atoms with Gasteiger partial charge in [0.25, 0.3) is 0 Å². The standard InChI is InChI=1S/C21H26Cl2N2O2S/c22-17-10-18(23)12-19(11-17)28(26,27)25-7-3-4-14-8-15-9-16(21(14)25)13-24-6-2-1-5-20(15)24/h8,10-12,15-16,20-21H,1-7,9,13H2/t15-,16+,20+,21+/m0/s1. The summed E-state index contributed by atoms with van der Waals surface area (Å²) in [4.78, 5) is 2.84. The van der Waals surface area contributed by atoms with E-state index in [2.05, 4.69) is 11.0 Å². The molecule has 4 nitrogen and oxygen atoms in total. The average molecular weight is 441 g/mol. The van der Waals surface area contributed by atoms with Crippen LogP contribution in [0.5, 0.6) is 0 Å². The van der Waals surface area contributed by atoms with Gasteiger partial charge in [-0.05, 0) is 68.7 Å². The molecule has 0 unspecified atom stereocenters. The molecule has 7 heteroatoms. The number of hydrogen-bond donors (Lipinski definition) is 0. The zero-order valence-corrected chi connectivity index (χ0v) is 18.2. The zero-order chi connectivity index (χ0) is 19.5. The summed E-state index contributed by atoms with van der Waals surface area (Å²) in [5.41, 5.74) is 1.34. The van der Waals surface area contributed by atoms with E-state index < -0.39 is 10.0 Å². The summed E-state index contributed by atoms with van der Waals surface area (Å²) in [5, 5.41) is 0.716. The average Bonchev–Trinajstić information content (AvgIpc) is 2.67. The molecule has 28 heavy (non-hydrogen) atoms. The molecule has 0 N–H and O–H groups in total. The summed E-state index contributed by atoms with van der Waals surface area (Å²) < 4.78 is 28.9. The summed E-state index contributed by atoms with van der Waals surface area (Å²) in [6, 6.07) is 5.27. The number of rotatable bonds is 2. The van der Waals surface area contributed by atoms with Crippen molar-refractivity contribution >= 4 is 33.2 Å². The molecule has 1 aromatic rings. The summed E-state index contributed by atoms with van der Waals surface area (Å²) in [6.07, 6.45) is 9.32. The van der Waals surface area contributed by atoms with Crippen LogP contribution in [0.4, 0.5) is 0 Å². The first-order chi connectivity index (χ1) is 13.4. The summed E-state index contributed by atoms with van der Waals surface area (Å²) in [5.74, 6) is 0.970. The third-order valence-corrected chi connectivity index (χ3v) is 9.35. The minimum absolute atomic E-state index is 0.0179. The van der Waals surface area contributed by atoms with Gasteiger partial charge in [-0.1, -0.05) is 41.3 Å². The molecule has 1 aromatic carbocycles. The van der Waals surface area contributed by atoms with Crippen molar-refractivity contribution in [2.75, 3.05) is 19.6 Å². The molecule has 3 heterocycles. The van der Waals surface area contributed by atoms with Crippen LogP contribution in [0.15, 0.2) is 34.7 Å². The minimum Gasteiger partial charge on any atom is -0.299 e. The maximum absolute atomic E-state index is 13.6.